The SMILES string of the molecule is Cc1noc(CCn2cn[nH]c2=S)n1. The summed E-state index contributed by atoms with van der Waals surface area (Å²) in [5, 5.41) is 10.2. The van der Waals surface area contributed by atoms with Crippen molar-refractivity contribution in [3.05, 3.63) is 22.8 Å². The number of aromatic amines is 1. The number of hydrogen-bond donors (Lipinski definition) is 1. The molecule has 2 aromatic rings. The maximum absolute atomic E-state index is 4.98. The zero-order valence-corrected chi connectivity index (χ0v) is 8.41. The zero-order chi connectivity index (χ0) is 9.97. The molecule has 0 bridgehead atoms. The van der Waals surface area contributed by atoms with E-state index in [1.165, 1.54) is 0 Å². The Labute approximate surface area is 85.0 Å². The van der Waals surface area contributed by atoms with E-state index in [9.17, 15) is 0 Å². The maximum atomic E-state index is 4.98. The molecule has 0 aliphatic heterocycles. The first-order valence-corrected chi connectivity index (χ1v) is 4.55. The summed E-state index contributed by atoms with van der Waals surface area (Å²) in [7, 11) is 0. The Morgan fingerprint density at radius 3 is 3.07 bits per heavy atom. The molecule has 0 aliphatic rings. The van der Waals surface area contributed by atoms with E-state index in [1.54, 1.807) is 13.3 Å². The van der Waals surface area contributed by atoms with Gasteiger partial charge in [0.25, 0.3) is 0 Å². The molecular formula is C7H9N5OS. The van der Waals surface area contributed by atoms with Crippen molar-refractivity contribution >= 4 is 12.2 Å². The Kier molecular flexibility index (Phi) is 2.40. The summed E-state index contributed by atoms with van der Waals surface area (Å²) in [5.74, 6) is 1.27. The van der Waals surface area contributed by atoms with Crippen molar-refractivity contribution in [1.29, 1.82) is 0 Å². The smallest absolute Gasteiger partial charge is 0.228 e. The molecule has 0 unspecified atom stereocenters. The number of aromatic nitrogens is 5. The van der Waals surface area contributed by atoms with E-state index in [0.717, 1.165) is 0 Å². The fraction of sp³-hybridized carbons (Fsp3) is 0.429. The molecule has 14 heavy (non-hydrogen) atoms. The van der Waals surface area contributed by atoms with Crippen molar-refractivity contribution in [2.45, 2.75) is 19.9 Å². The number of nitrogens with zero attached hydrogens (tertiary/aromatic N) is 4. The Hall–Kier alpha value is -1.50. The minimum atomic E-state index is 0.598. The third-order valence-corrected chi connectivity index (χ3v) is 2.08. The average molecular weight is 211 g/mol. The normalized spacial score (nSPS) is 10.6. The van der Waals surface area contributed by atoms with Gasteiger partial charge in [-0.25, -0.2) is 0 Å². The van der Waals surface area contributed by atoms with Crippen LogP contribution in [0.5, 0.6) is 0 Å². The van der Waals surface area contributed by atoms with Crippen molar-refractivity contribution in [2.75, 3.05) is 0 Å². The lowest BCUT2D eigenvalue weighted by molar-refractivity contribution is 0.368. The molecule has 6 nitrogen and oxygen atoms in total. The van der Waals surface area contributed by atoms with E-state index in [-0.39, 0.29) is 0 Å². The van der Waals surface area contributed by atoms with E-state index >= 15 is 0 Å². The third kappa shape index (κ3) is 1.87. The molecule has 2 rings (SSSR count). The van der Waals surface area contributed by atoms with Crippen LogP contribution in [-0.4, -0.2) is 24.9 Å². The molecule has 0 saturated carbocycles. The van der Waals surface area contributed by atoms with Gasteiger partial charge in [-0.05, 0) is 19.1 Å². The van der Waals surface area contributed by atoms with Gasteiger partial charge in [-0.2, -0.15) is 10.1 Å². The summed E-state index contributed by atoms with van der Waals surface area (Å²) < 4.78 is 7.38. The maximum Gasteiger partial charge on any atom is 0.228 e. The van der Waals surface area contributed by atoms with Crippen LogP contribution in [0, 0.1) is 11.7 Å². The third-order valence-electron chi connectivity index (χ3n) is 1.75. The van der Waals surface area contributed by atoms with Crippen LogP contribution in [0.4, 0.5) is 0 Å². The van der Waals surface area contributed by atoms with Crippen LogP contribution >= 0.6 is 12.2 Å². The summed E-state index contributed by atoms with van der Waals surface area (Å²) in [6, 6.07) is 0. The van der Waals surface area contributed by atoms with E-state index < -0.39 is 0 Å². The van der Waals surface area contributed by atoms with Gasteiger partial charge in [-0.1, -0.05) is 5.16 Å². The van der Waals surface area contributed by atoms with Crippen molar-refractivity contribution in [1.82, 2.24) is 24.9 Å². The second kappa shape index (κ2) is 3.70. The molecule has 0 spiro atoms. The minimum Gasteiger partial charge on any atom is -0.339 e. The molecular weight excluding hydrogens is 202 g/mol. The molecule has 0 aromatic carbocycles. The van der Waals surface area contributed by atoms with Crippen molar-refractivity contribution in [2.24, 2.45) is 0 Å². The molecule has 7 heteroatoms. The monoisotopic (exact) mass is 211 g/mol. The van der Waals surface area contributed by atoms with Gasteiger partial charge in [0.1, 0.15) is 6.33 Å². The number of aryl methyl sites for hydroxylation is 3. The zero-order valence-electron chi connectivity index (χ0n) is 7.60. The number of hydrogen-bond acceptors (Lipinski definition) is 5. The number of nitrogens with one attached hydrogen (secondary N) is 1. The highest BCUT2D eigenvalue weighted by molar-refractivity contribution is 7.71. The van der Waals surface area contributed by atoms with Gasteiger partial charge in [0.2, 0.25) is 5.89 Å². The van der Waals surface area contributed by atoms with Crippen LogP contribution in [-0.2, 0) is 13.0 Å². The summed E-state index contributed by atoms with van der Waals surface area (Å²) in [6.07, 6.45) is 2.31. The highest BCUT2D eigenvalue weighted by Gasteiger charge is 2.02. The van der Waals surface area contributed by atoms with Gasteiger partial charge in [-0.3, -0.25) is 5.10 Å². The van der Waals surface area contributed by atoms with E-state index in [1.807, 2.05) is 4.57 Å². The molecule has 74 valence electrons. The molecule has 0 aliphatic carbocycles. The van der Waals surface area contributed by atoms with E-state index in [4.69, 9.17) is 16.7 Å². The van der Waals surface area contributed by atoms with Gasteiger partial charge in [0.05, 0.1) is 0 Å². The van der Waals surface area contributed by atoms with Crippen LogP contribution in [0.1, 0.15) is 11.7 Å². The van der Waals surface area contributed by atoms with Crippen LogP contribution in [0.3, 0.4) is 0 Å². The number of H-pyrrole nitrogens is 1. The van der Waals surface area contributed by atoms with Crippen molar-refractivity contribution < 1.29 is 4.52 Å². The number of rotatable bonds is 3. The predicted molar refractivity (Wildman–Crippen MR) is 50.2 cm³/mol. The van der Waals surface area contributed by atoms with Gasteiger partial charge < -0.3 is 9.09 Å². The largest absolute Gasteiger partial charge is 0.339 e. The Morgan fingerprint density at radius 1 is 1.64 bits per heavy atom. The lowest BCUT2D eigenvalue weighted by Crippen LogP contribution is -2.00. The second-order valence-electron chi connectivity index (χ2n) is 2.84. The first-order chi connectivity index (χ1) is 6.75. The van der Waals surface area contributed by atoms with Crippen LogP contribution < -0.4 is 0 Å². The molecule has 0 fully saturated rings. The molecule has 0 radical (unpaired) electrons. The molecule has 2 heterocycles. The fourth-order valence-corrected chi connectivity index (χ4v) is 1.28. The predicted octanol–water partition coefficient (Wildman–Crippen LogP) is 0.875. The Morgan fingerprint density at radius 2 is 2.50 bits per heavy atom. The quantitative estimate of drug-likeness (QED) is 0.763. The lowest BCUT2D eigenvalue weighted by atomic mass is 10.4. The first kappa shape index (κ1) is 9.07. The highest BCUT2D eigenvalue weighted by Crippen LogP contribution is 1.99. The Balaban J connectivity index is 2.01. The molecule has 0 atom stereocenters. The summed E-state index contributed by atoms with van der Waals surface area (Å²) >= 11 is 4.98. The highest BCUT2D eigenvalue weighted by atomic mass is 32.1. The first-order valence-electron chi connectivity index (χ1n) is 4.15. The molecule has 1 N–H and O–H groups in total. The topological polar surface area (TPSA) is 72.5 Å². The van der Waals surface area contributed by atoms with Gasteiger partial charge in [0.15, 0.2) is 10.6 Å². The van der Waals surface area contributed by atoms with Crippen LogP contribution in [0.15, 0.2) is 10.9 Å². The van der Waals surface area contributed by atoms with Crippen molar-refractivity contribution in [3.8, 4) is 0 Å². The van der Waals surface area contributed by atoms with Gasteiger partial charge >= 0.3 is 0 Å². The standard InChI is InChI=1S/C7H9N5OS/c1-5-9-6(13-11-5)2-3-12-4-8-10-7(12)14/h4H,2-3H2,1H3,(H,10,14). The lowest BCUT2D eigenvalue weighted by Gasteiger charge is -1.95. The summed E-state index contributed by atoms with van der Waals surface area (Å²) in [4.78, 5) is 4.08. The summed E-state index contributed by atoms with van der Waals surface area (Å²) in [6.45, 7) is 2.48. The molecule has 0 saturated heterocycles. The van der Waals surface area contributed by atoms with Gasteiger partial charge in [-0.15, -0.1) is 0 Å². The van der Waals surface area contributed by atoms with Gasteiger partial charge in [0, 0.05) is 13.0 Å². The fourth-order valence-electron chi connectivity index (χ4n) is 1.09. The van der Waals surface area contributed by atoms with Crippen molar-refractivity contribution in [3.63, 3.8) is 0 Å². The Bertz CT molecular complexity index is 470. The molecule has 0 amide bonds. The summed E-state index contributed by atoms with van der Waals surface area (Å²) in [5.41, 5.74) is 0. The van der Waals surface area contributed by atoms with Crippen LogP contribution in [0.2, 0.25) is 0 Å². The average Bonchev–Trinajstić information content (AvgIpc) is 2.72. The molecule has 2 aromatic heterocycles. The van der Waals surface area contributed by atoms with E-state index in [2.05, 4.69) is 20.3 Å². The minimum absolute atomic E-state index is 0.598. The van der Waals surface area contributed by atoms with E-state index in [0.29, 0.717) is 29.5 Å². The van der Waals surface area contributed by atoms with Crippen LogP contribution in [0.25, 0.3) is 0 Å². The second-order valence-corrected chi connectivity index (χ2v) is 3.23.